The Morgan fingerprint density at radius 3 is 1.76 bits per heavy atom. The molecule has 54 heavy (non-hydrogen) atoms. The highest BCUT2D eigenvalue weighted by Crippen LogP contribution is 2.39. The summed E-state index contributed by atoms with van der Waals surface area (Å²) in [7, 11) is 2.66. The van der Waals surface area contributed by atoms with Crippen LogP contribution >= 0.6 is 0 Å². The van der Waals surface area contributed by atoms with E-state index in [4.69, 9.17) is 24.1 Å². The number of methoxy groups -OCH3 is 1. The topological polar surface area (TPSA) is 102 Å². The van der Waals surface area contributed by atoms with Gasteiger partial charge in [-0.1, -0.05) is 127 Å². The second-order valence-corrected chi connectivity index (χ2v) is 13.1. The van der Waals surface area contributed by atoms with Crippen LogP contribution in [0.4, 0.5) is 0 Å². The fourth-order valence-electron chi connectivity index (χ4n) is 6.16. The summed E-state index contributed by atoms with van der Waals surface area (Å²) in [5.74, 6) is 3.03. The van der Waals surface area contributed by atoms with Gasteiger partial charge in [0.05, 0.1) is 19.8 Å². The number of allylic oxidation sites excluding steroid dienone is 1. The van der Waals surface area contributed by atoms with Crippen LogP contribution in [0.2, 0.25) is 0 Å². The lowest BCUT2D eigenvalue weighted by atomic mass is 9.77. The van der Waals surface area contributed by atoms with E-state index in [0.717, 1.165) is 36.0 Å². The SMILES string of the molecule is C=C(C)C=O.C=C(CO)CCOc1cc(-c2ccc(-c3ccc(C4CCC(CCCCCCC)CC4)cc3)cc2)ccc1OCCOC.C=O.CC.CO. The quantitative estimate of drug-likeness (QED) is 0.0545. The van der Waals surface area contributed by atoms with Gasteiger partial charge < -0.3 is 29.2 Å². The highest BCUT2D eigenvalue weighted by atomic mass is 16.5. The fourth-order valence-corrected chi connectivity index (χ4v) is 6.16. The molecule has 3 aromatic carbocycles. The first kappa shape index (κ1) is 50.0. The molecule has 0 aromatic heterocycles. The van der Waals surface area contributed by atoms with Crippen LogP contribution in [0, 0.1) is 5.92 Å². The number of hydrogen-bond acceptors (Lipinski definition) is 7. The van der Waals surface area contributed by atoms with Crippen LogP contribution in [0.25, 0.3) is 22.3 Å². The number of carbonyl (C=O) groups is 2. The average molecular weight is 747 g/mol. The minimum absolute atomic E-state index is 0.0318. The molecule has 1 aliphatic carbocycles. The molecule has 0 heterocycles. The van der Waals surface area contributed by atoms with E-state index in [9.17, 15) is 9.90 Å². The molecule has 0 atom stereocenters. The van der Waals surface area contributed by atoms with Crippen molar-refractivity contribution in [3.05, 3.63) is 96.6 Å². The van der Waals surface area contributed by atoms with Crippen LogP contribution in [-0.2, 0) is 14.3 Å². The summed E-state index contributed by atoms with van der Waals surface area (Å²) in [5.41, 5.74) is 7.49. The molecule has 300 valence electrons. The van der Waals surface area contributed by atoms with Gasteiger partial charge in [-0.25, -0.2) is 0 Å². The van der Waals surface area contributed by atoms with Crippen molar-refractivity contribution < 1.29 is 34.0 Å². The number of ether oxygens (including phenoxy) is 3. The molecule has 0 aliphatic heterocycles. The minimum atomic E-state index is -0.0318. The summed E-state index contributed by atoms with van der Waals surface area (Å²) in [5, 5.41) is 16.3. The maximum atomic E-state index is 9.41. The first-order valence-corrected chi connectivity index (χ1v) is 19.6. The van der Waals surface area contributed by atoms with E-state index in [0.29, 0.717) is 49.2 Å². The number of aliphatic hydroxyl groups is 2. The van der Waals surface area contributed by atoms with Gasteiger partial charge in [0, 0.05) is 20.6 Å². The maximum absolute atomic E-state index is 9.41. The second-order valence-electron chi connectivity index (χ2n) is 13.1. The van der Waals surface area contributed by atoms with E-state index in [-0.39, 0.29) is 6.61 Å². The maximum Gasteiger partial charge on any atom is 0.161 e. The van der Waals surface area contributed by atoms with Gasteiger partial charge in [0.1, 0.15) is 19.7 Å². The molecular weight excluding hydrogens is 677 g/mol. The predicted octanol–water partition coefficient (Wildman–Crippen LogP) is 11.2. The number of benzene rings is 3. The van der Waals surface area contributed by atoms with Gasteiger partial charge in [-0.2, -0.15) is 0 Å². The highest BCUT2D eigenvalue weighted by molar-refractivity contribution is 5.72. The molecule has 0 unspecified atom stereocenters. The molecule has 0 radical (unpaired) electrons. The smallest absolute Gasteiger partial charge is 0.161 e. The Balaban J connectivity index is 0.00000229. The summed E-state index contributed by atoms with van der Waals surface area (Å²) in [4.78, 5) is 17.4. The minimum Gasteiger partial charge on any atom is -0.489 e. The zero-order valence-electron chi connectivity index (χ0n) is 34.2. The Bertz CT molecular complexity index is 1390. The number of rotatable bonds is 19. The van der Waals surface area contributed by atoms with Crippen molar-refractivity contribution in [3.63, 3.8) is 0 Å². The van der Waals surface area contributed by atoms with Crippen LogP contribution in [0.3, 0.4) is 0 Å². The number of aldehydes is 1. The normalized spacial score (nSPS) is 14.1. The van der Waals surface area contributed by atoms with Crippen molar-refractivity contribution in [2.45, 2.75) is 104 Å². The Labute approximate surface area is 327 Å². The zero-order valence-corrected chi connectivity index (χ0v) is 34.2. The fraction of sp³-hybridized carbons (Fsp3) is 0.489. The molecular formula is C47H70O7. The predicted molar refractivity (Wildman–Crippen MR) is 227 cm³/mol. The van der Waals surface area contributed by atoms with E-state index < -0.39 is 0 Å². The van der Waals surface area contributed by atoms with Crippen LogP contribution < -0.4 is 9.47 Å². The third-order valence-corrected chi connectivity index (χ3v) is 9.12. The van der Waals surface area contributed by atoms with Crippen LogP contribution in [0.15, 0.2) is 91.0 Å². The standard InChI is InChI=1S/C39H52O4.C4H6O.C2H6.CH4O.CH2O/c1-4-5-6-7-8-9-31-10-12-32(13-11-31)33-14-16-34(17-15-33)35-18-20-36(21-19-35)37-22-23-38(43-27-26-41-3)39(28-37)42-25-24-30(2)29-40;1-4(2)3-5;3*1-2/h14-23,28,31-32,40H,2,4-13,24-27,29H2,1,3H3;3H,1H2,2H3;1-2H3;2H,1H3;1H2. The summed E-state index contributed by atoms with van der Waals surface area (Å²) in [6, 6.07) is 24.1. The Hall–Kier alpha value is -4.04. The molecule has 1 saturated carbocycles. The third kappa shape index (κ3) is 19.9. The van der Waals surface area contributed by atoms with E-state index in [1.54, 1.807) is 14.0 Å². The summed E-state index contributed by atoms with van der Waals surface area (Å²) < 4.78 is 17.1. The monoisotopic (exact) mass is 747 g/mol. The second kappa shape index (κ2) is 32.4. The first-order chi connectivity index (χ1) is 26.4. The van der Waals surface area contributed by atoms with Crippen molar-refractivity contribution in [2.75, 3.05) is 40.6 Å². The lowest BCUT2D eigenvalue weighted by molar-refractivity contribution is -0.104. The lowest BCUT2D eigenvalue weighted by Crippen LogP contribution is -2.13. The van der Waals surface area contributed by atoms with Crippen molar-refractivity contribution in [1.82, 2.24) is 0 Å². The molecule has 7 nitrogen and oxygen atoms in total. The van der Waals surface area contributed by atoms with Gasteiger partial charge in [-0.15, -0.1) is 0 Å². The van der Waals surface area contributed by atoms with Gasteiger partial charge >= 0.3 is 0 Å². The van der Waals surface area contributed by atoms with Crippen LogP contribution in [-0.4, -0.2) is 63.9 Å². The molecule has 7 heteroatoms. The molecule has 3 aromatic rings. The number of carbonyl (C=O) groups excluding carboxylic acids is 2. The van der Waals surface area contributed by atoms with Crippen molar-refractivity contribution >= 4 is 13.1 Å². The van der Waals surface area contributed by atoms with Crippen molar-refractivity contribution in [3.8, 4) is 33.8 Å². The average Bonchev–Trinajstić information content (AvgIpc) is 3.24. The van der Waals surface area contributed by atoms with Crippen LogP contribution in [0.1, 0.15) is 110 Å². The van der Waals surface area contributed by atoms with E-state index in [1.807, 2.05) is 32.8 Å². The number of aliphatic hydroxyl groups excluding tert-OH is 2. The van der Waals surface area contributed by atoms with Crippen LogP contribution in [0.5, 0.6) is 11.5 Å². The Kier molecular flexibility index (Phi) is 30.0. The van der Waals surface area contributed by atoms with E-state index in [2.05, 4.69) is 74.7 Å². The van der Waals surface area contributed by atoms with E-state index >= 15 is 0 Å². The van der Waals surface area contributed by atoms with Gasteiger partial charge in [0.2, 0.25) is 0 Å². The Morgan fingerprint density at radius 2 is 1.24 bits per heavy atom. The largest absolute Gasteiger partial charge is 0.489 e. The molecule has 1 fully saturated rings. The van der Waals surface area contributed by atoms with Crippen molar-refractivity contribution in [2.24, 2.45) is 5.92 Å². The highest BCUT2D eigenvalue weighted by Gasteiger charge is 2.22. The number of hydrogen-bond donors (Lipinski definition) is 2. The lowest BCUT2D eigenvalue weighted by Gasteiger charge is -2.29. The summed E-state index contributed by atoms with van der Waals surface area (Å²) in [6.07, 6.45) is 15.2. The zero-order chi connectivity index (χ0) is 40.6. The Morgan fingerprint density at radius 1 is 0.741 bits per heavy atom. The molecule has 0 amide bonds. The van der Waals surface area contributed by atoms with Gasteiger partial charge in [0.15, 0.2) is 11.5 Å². The first-order valence-electron chi connectivity index (χ1n) is 19.6. The molecule has 2 N–H and O–H groups in total. The molecule has 0 spiro atoms. The number of unbranched alkanes of at least 4 members (excludes halogenated alkanes) is 4. The van der Waals surface area contributed by atoms with Crippen molar-refractivity contribution in [1.29, 1.82) is 0 Å². The molecule has 0 bridgehead atoms. The molecule has 0 saturated heterocycles. The molecule has 1 aliphatic rings. The van der Waals surface area contributed by atoms with Gasteiger partial charge in [0.25, 0.3) is 0 Å². The molecule has 4 rings (SSSR count). The van der Waals surface area contributed by atoms with Gasteiger partial charge in [-0.3, -0.25) is 4.79 Å². The van der Waals surface area contributed by atoms with Gasteiger partial charge in [-0.05, 0) is 95.5 Å². The van der Waals surface area contributed by atoms with E-state index in [1.165, 1.54) is 80.9 Å². The summed E-state index contributed by atoms with van der Waals surface area (Å²) in [6.45, 7) is 18.5. The summed E-state index contributed by atoms with van der Waals surface area (Å²) >= 11 is 0. The third-order valence-electron chi connectivity index (χ3n) is 9.12.